The van der Waals surface area contributed by atoms with E-state index in [0.717, 1.165) is 22.8 Å². The quantitative estimate of drug-likeness (QED) is 0.763. The number of amides is 1. The van der Waals surface area contributed by atoms with Crippen molar-refractivity contribution in [3.8, 4) is 0 Å². The average molecular weight is 258 g/mol. The van der Waals surface area contributed by atoms with Crippen LogP contribution in [0.25, 0.3) is 0 Å². The largest absolute Gasteiger partial charge is 0.379 e. The lowest BCUT2D eigenvalue weighted by molar-refractivity contribution is -0.119. The van der Waals surface area contributed by atoms with Gasteiger partial charge in [0.25, 0.3) is 0 Å². The van der Waals surface area contributed by atoms with E-state index in [4.69, 9.17) is 0 Å². The summed E-state index contributed by atoms with van der Waals surface area (Å²) in [4.78, 5) is 18.6. The molecule has 1 amide bonds. The number of hydrogen-bond acceptors (Lipinski definition) is 3. The lowest BCUT2D eigenvalue weighted by Gasteiger charge is -2.06. The Morgan fingerprint density at radius 1 is 1.32 bits per heavy atom. The molecule has 0 aliphatic rings. The molecule has 3 N–H and O–H groups in total. The number of aromatic nitrogens is 2. The van der Waals surface area contributed by atoms with Crippen molar-refractivity contribution in [2.45, 2.75) is 19.9 Å². The van der Waals surface area contributed by atoms with Crippen LogP contribution in [0.2, 0.25) is 0 Å². The van der Waals surface area contributed by atoms with E-state index in [1.54, 1.807) is 7.05 Å². The van der Waals surface area contributed by atoms with Gasteiger partial charge in [-0.25, -0.2) is 4.98 Å². The Balaban J connectivity index is 1.89. The Labute approximate surface area is 112 Å². The number of anilines is 1. The summed E-state index contributed by atoms with van der Waals surface area (Å²) in [6.07, 6.45) is 2.23. The fraction of sp³-hybridized carbons (Fsp3) is 0.286. The minimum Gasteiger partial charge on any atom is -0.379 e. The molecule has 0 spiro atoms. The van der Waals surface area contributed by atoms with Gasteiger partial charge in [0.1, 0.15) is 5.82 Å². The highest BCUT2D eigenvalue weighted by molar-refractivity contribution is 5.78. The molecule has 0 bridgehead atoms. The van der Waals surface area contributed by atoms with Crippen LogP contribution in [-0.2, 0) is 17.8 Å². The van der Waals surface area contributed by atoms with E-state index in [1.165, 1.54) is 0 Å². The highest BCUT2D eigenvalue weighted by atomic mass is 16.1. The minimum atomic E-state index is 0.0219. The highest BCUT2D eigenvalue weighted by Crippen LogP contribution is 2.11. The first-order chi connectivity index (χ1) is 9.17. The van der Waals surface area contributed by atoms with Gasteiger partial charge in [0, 0.05) is 12.7 Å². The Kier molecular flexibility index (Phi) is 4.18. The normalized spacial score (nSPS) is 10.2. The summed E-state index contributed by atoms with van der Waals surface area (Å²) in [7, 11) is 1.64. The van der Waals surface area contributed by atoms with Gasteiger partial charge in [-0.3, -0.25) is 4.79 Å². The van der Waals surface area contributed by atoms with Crippen molar-refractivity contribution in [3.63, 3.8) is 0 Å². The highest BCUT2D eigenvalue weighted by Gasteiger charge is 2.01. The summed E-state index contributed by atoms with van der Waals surface area (Å²) >= 11 is 0. The van der Waals surface area contributed by atoms with Crippen LogP contribution in [0.5, 0.6) is 0 Å². The Morgan fingerprint density at radius 3 is 2.63 bits per heavy atom. The Hall–Kier alpha value is -2.30. The van der Waals surface area contributed by atoms with Crippen LogP contribution in [-0.4, -0.2) is 22.9 Å². The maximum Gasteiger partial charge on any atom is 0.224 e. The van der Waals surface area contributed by atoms with Crippen LogP contribution < -0.4 is 10.6 Å². The van der Waals surface area contributed by atoms with Gasteiger partial charge in [0.05, 0.1) is 24.9 Å². The molecular weight excluding hydrogens is 240 g/mol. The number of rotatable bonds is 5. The summed E-state index contributed by atoms with van der Waals surface area (Å²) in [5.41, 5.74) is 3.07. The molecule has 5 heteroatoms. The number of imidazole rings is 1. The topological polar surface area (TPSA) is 69.8 Å². The molecule has 100 valence electrons. The van der Waals surface area contributed by atoms with E-state index in [-0.39, 0.29) is 5.91 Å². The van der Waals surface area contributed by atoms with Gasteiger partial charge >= 0.3 is 0 Å². The van der Waals surface area contributed by atoms with Gasteiger partial charge in [-0.15, -0.1) is 0 Å². The van der Waals surface area contributed by atoms with Gasteiger partial charge in [-0.05, 0) is 24.6 Å². The van der Waals surface area contributed by atoms with E-state index in [1.807, 2.05) is 37.4 Å². The summed E-state index contributed by atoms with van der Waals surface area (Å²) in [6.45, 7) is 2.63. The van der Waals surface area contributed by atoms with E-state index < -0.39 is 0 Å². The van der Waals surface area contributed by atoms with Gasteiger partial charge in [0.2, 0.25) is 5.91 Å². The zero-order valence-electron chi connectivity index (χ0n) is 11.2. The van der Waals surface area contributed by atoms with Gasteiger partial charge in [-0.1, -0.05) is 12.1 Å². The van der Waals surface area contributed by atoms with Crippen molar-refractivity contribution >= 4 is 11.6 Å². The van der Waals surface area contributed by atoms with Crippen molar-refractivity contribution in [2.24, 2.45) is 0 Å². The molecule has 0 saturated carbocycles. The first-order valence-electron chi connectivity index (χ1n) is 6.21. The van der Waals surface area contributed by atoms with Crippen molar-refractivity contribution in [1.29, 1.82) is 0 Å². The van der Waals surface area contributed by atoms with Crippen LogP contribution in [0.3, 0.4) is 0 Å². The van der Waals surface area contributed by atoms with Crippen LogP contribution in [0.1, 0.15) is 17.1 Å². The summed E-state index contributed by atoms with van der Waals surface area (Å²) < 4.78 is 0. The molecule has 2 aromatic rings. The number of H-pyrrole nitrogens is 1. The molecule has 0 aliphatic heterocycles. The van der Waals surface area contributed by atoms with E-state index in [2.05, 4.69) is 20.6 Å². The zero-order chi connectivity index (χ0) is 13.7. The molecule has 1 aromatic carbocycles. The van der Waals surface area contributed by atoms with E-state index >= 15 is 0 Å². The fourth-order valence-corrected chi connectivity index (χ4v) is 1.77. The second-order valence-electron chi connectivity index (χ2n) is 4.39. The predicted molar refractivity (Wildman–Crippen MR) is 74.9 cm³/mol. The molecule has 0 unspecified atom stereocenters. The third-order valence-corrected chi connectivity index (χ3v) is 2.84. The number of likely N-dealkylation sites (N-methyl/N-ethyl adjacent to an activating group) is 1. The van der Waals surface area contributed by atoms with Crippen LogP contribution in [0.4, 0.5) is 5.69 Å². The minimum absolute atomic E-state index is 0.0219. The smallest absolute Gasteiger partial charge is 0.224 e. The summed E-state index contributed by atoms with van der Waals surface area (Å²) in [6, 6.07) is 7.86. The third-order valence-electron chi connectivity index (χ3n) is 2.84. The van der Waals surface area contributed by atoms with Gasteiger partial charge in [0.15, 0.2) is 0 Å². The van der Waals surface area contributed by atoms with E-state index in [9.17, 15) is 4.79 Å². The Morgan fingerprint density at radius 2 is 2.05 bits per heavy atom. The third kappa shape index (κ3) is 3.84. The molecule has 19 heavy (non-hydrogen) atoms. The number of carbonyl (C=O) groups excluding carboxylic acids is 1. The van der Waals surface area contributed by atoms with Crippen LogP contribution in [0.15, 0.2) is 30.5 Å². The number of carbonyl (C=O) groups is 1. The van der Waals surface area contributed by atoms with Crippen molar-refractivity contribution < 1.29 is 4.79 Å². The Bertz CT molecular complexity index is 545. The second-order valence-corrected chi connectivity index (χ2v) is 4.39. The maximum atomic E-state index is 11.2. The number of nitrogens with zero attached hydrogens (tertiary/aromatic N) is 1. The molecule has 5 nitrogen and oxygen atoms in total. The summed E-state index contributed by atoms with van der Waals surface area (Å²) in [5.74, 6) is 0.936. The molecular formula is C14H18N4O. The van der Waals surface area contributed by atoms with Crippen molar-refractivity contribution in [3.05, 3.63) is 47.5 Å². The lowest BCUT2D eigenvalue weighted by atomic mass is 10.1. The monoisotopic (exact) mass is 258 g/mol. The number of benzene rings is 1. The van der Waals surface area contributed by atoms with Crippen LogP contribution in [0, 0.1) is 6.92 Å². The fourth-order valence-electron chi connectivity index (χ4n) is 1.77. The van der Waals surface area contributed by atoms with Crippen molar-refractivity contribution in [2.75, 3.05) is 12.4 Å². The predicted octanol–water partition coefficient (Wildman–Crippen LogP) is 1.62. The van der Waals surface area contributed by atoms with Gasteiger partial charge < -0.3 is 15.6 Å². The molecule has 1 aromatic heterocycles. The second kappa shape index (κ2) is 6.04. The zero-order valence-corrected chi connectivity index (χ0v) is 11.2. The molecule has 0 radical (unpaired) electrons. The van der Waals surface area contributed by atoms with Gasteiger partial charge in [-0.2, -0.15) is 0 Å². The lowest BCUT2D eigenvalue weighted by Crippen LogP contribution is -2.19. The number of nitrogens with one attached hydrogen (secondary N) is 3. The molecule has 0 aliphatic carbocycles. The maximum absolute atomic E-state index is 11.2. The molecule has 1 heterocycles. The van der Waals surface area contributed by atoms with Crippen LogP contribution >= 0.6 is 0 Å². The average Bonchev–Trinajstić information content (AvgIpc) is 2.83. The number of aromatic amines is 1. The standard InChI is InChI=1S/C14H18N4O/c1-10-16-8-13(18-10)9-17-12-5-3-11(4-6-12)7-14(19)15-2/h3-6,8,17H,7,9H2,1-2H3,(H,15,19)(H,16,18). The number of aryl methyl sites for hydroxylation is 1. The SMILES string of the molecule is CNC(=O)Cc1ccc(NCc2cnc(C)[nH]2)cc1. The molecule has 0 saturated heterocycles. The molecule has 0 fully saturated rings. The summed E-state index contributed by atoms with van der Waals surface area (Å²) in [5, 5.41) is 5.91. The van der Waals surface area contributed by atoms with Crippen molar-refractivity contribution in [1.82, 2.24) is 15.3 Å². The molecule has 2 rings (SSSR count). The van der Waals surface area contributed by atoms with E-state index in [0.29, 0.717) is 13.0 Å². The first kappa shape index (κ1) is 13.1. The number of hydrogen-bond donors (Lipinski definition) is 3. The molecule has 0 atom stereocenters. The first-order valence-corrected chi connectivity index (χ1v) is 6.21.